The van der Waals surface area contributed by atoms with Gasteiger partial charge < -0.3 is 10.1 Å². The summed E-state index contributed by atoms with van der Waals surface area (Å²) < 4.78 is 4.91. The van der Waals surface area contributed by atoms with Crippen molar-refractivity contribution in [2.24, 2.45) is 0 Å². The first-order valence-corrected chi connectivity index (χ1v) is 9.25. The van der Waals surface area contributed by atoms with Gasteiger partial charge in [0.2, 0.25) is 5.91 Å². The Morgan fingerprint density at radius 2 is 2.08 bits per heavy atom. The molecule has 25 heavy (non-hydrogen) atoms. The summed E-state index contributed by atoms with van der Waals surface area (Å²) in [6.07, 6.45) is 7.08. The fourth-order valence-electron chi connectivity index (χ4n) is 2.91. The van der Waals surface area contributed by atoms with Crippen LogP contribution in [0.5, 0.6) is 0 Å². The summed E-state index contributed by atoms with van der Waals surface area (Å²) in [7, 11) is 1.36. The fraction of sp³-hybridized carbons (Fsp3) is 0.263. The molecule has 1 heterocycles. The number of rotatable bonds is 4. The summed E-state index contributed by atoms with van der Waals surface area (Å²) in [5, 5.41) is 4.01. The molecule has 1 N–H and O–H groups in total. The van der Waals surface area contributed by atoms with Gasteiger partial charge in [-0.25, -0.2) is 4.79 Å². The van der Waals surface area contributed by atoms with Gasteiger partial charge >= 0.3 is 5.97 Å². The van der Waals surface area contributed by atoms with E-state index in [0.717, 1.165) is 36.8 Å². The van der Waals surface area contributed by atoms with Crippen LogP contribution < -0.4 is 5.32 Å². The molecular formula is C19H18ClNO3S. The minimum atomic E-state index is -0.395. The average Bonchev–Trinajstić information content (AvgIpc) is 2.97. The first-order valence-electron chi connectivity index (χ1n) is 8.06. The van der Waals surface area contributed by atoms with Gasteiger partial charge in [-0.05, 0) is 55.0 Å². The molecule has 1 aromatic carbocycles. The smallest absolute Gasteiger partial charge is 0.341 e. The zero-order valence-corrected chi connectivity index (χ0v) is 15.4. The Hall–Kier alpha value is -2.11. The number of esters is 1. The minimum absolute atomic E-state index is 0.288. The van der Waals surface area contributed by atoms with Gasteiger partial charge in [0, 0.05) is 16.0 Å². The third-order valence-electron chi connectivity index (χ3n) is 4.07. The normalized spacial score (nSPS) is 13.5. The van der Waals surface area contributed by atoms with Crippen LogP contribution in [0.15, 0.2) is 30.3 Å². The van der Waals surface area contributed by atoms with Crippen LogP contribution in [0.2, 0.25) is 5.02 Å². The van der Waals surface area contributed by atoms with Gasteiger partial charge in [-0.1, -0.05) is 23.7 Å². The number of ether oxygens (including phenoxy) is 1. The maximum Gasteiger partial charge on any atom is 0.341 e. The molecule has 0 saturated heterocycles. The van der Waals surface area contributed by atoms with Crippen molar-refractivity contribution in [3.05, 3.63) is 56.9 Å². The second-order valence-electron chi connectivity index (χ2n) is 5.78. The molecule has 1 aliphatic carbocycles. The number of benzene rings is 1. The highest BCUT2D eigenvalue weighted by molar-refractivity contribution is 7.17. The predicted octanol–water partition coefficient (Wildman–Crippen LogP) is 4.72. The van der Waals surface area contributed by atoms with E-state index in [9.17, 15) is 9.59 Å². The lowest BCUT2D eigenvalue weighted by Gasteiger charge is -2.11. The molecule has 6 heteroatoms. The molecule has 3 rings (SSSR count). The third-order valence-corrected chi connectivity index (χ3v) is 5.52. The summed E-state index contributed by atoms with van der Waals surface area (Å²) in [6, 6.07) is 7.23. The molecule has 0 spiro atoms. The Kier molecular flexibility index (Phi) is 5.56. The number of nitrogens with one attached hydrogen (secondary N) is 1. The van der Waals surface area contributed by atoms with Gasteiger partial charge in [-0.3, -0.25) is 4.79 Å². The monoisotopic (exact) mass is 375 g/mol. The van der Waals surface area contributed by atoms with Gasteiger partial charge in [0.15, 0.2) is 0 Å². The Labute approximate surface area is 155 Å². The maximum absolute atomic E-state index is 12.3. The molecule has 1 aliphatic rings. The number of thiophene rings is 1. The summed E-state index contributed by atoms with van der Waals surface area (Å²) in [5.74, 6) is -0.683. The number of carbonyl (C=O) groups is 2. The van der Waals surface area contributed by atoms with E-state index in [4.69, 9.17) is 16.3 Å². The quantitative estimate of drug-likeness (QED) is 0.621. The lowest BCUT2D eigenvalue weighted by Crippen LogP contribution is -2.13. The zero-order valence-electron chi connectivity index (χ0n) is 13.8. The number of anilines is 1. The second kappa shape index (κ2) is 7.85. The highest BCUT2D eigenvalue weighted by atomic mass is 35.5. The molecule has 0 radical (unpaired) electrons. The summed E-state index contributed by atoms with van der Waals surface area (Å²) >= 11 is 7.41. The molecule has 1 amide bonds. The highest BCUT2D eigenvalue weighted by Crippen LogP contribution is 2.38. The van der Waals surface area contributed by atoms with Crippen LogP contribution in [0, 0.1) is 0 Å². The van der Waals surface area contributed by atoms with Gasteiger partial charge in [0.1, 0.15) is 5.00 Å². The molecule has 0 unspecified atom stereocenters. The number of fused-ring (bicyclic) bond motifs is 1. The van der Waals surface area contributed by atoms with E-state index >= 15 is 0 Å². The van der Waals surface area contributed by atoms with Crippen molar-refractivity contribution < 1.29 is 14.3 Å². The molecule has 0 atom stereocenters. The van der Waals surface area contributed by atoms with Crippen LogP contribution in [0.25, 0.3) is 6.08 Å². The van der Waals surface area contributed by atoms with E-state index in [0.29, 0.717) is 15.6 Å². The van der Waals surface area contributed by atoms with Crippen molar-refractivity contribution in [3.8, 4) is 0 Å². The van der Waals surface area contributed by atoms with Gasteiger partial charge in [0.05, 0.1) is 12.7 Å². The van der Waals surface area contributed by atoms with E-state index in [1.54, 1.807) is 18.2 Å². The van der Waals surface area contributed by atoms with Crippen LogP contribution in [0.1, 0.15) is 39.2 Å². The zero-order chi connectivity index (χ0) is 17.8. The number of hydrogen-bond donors (Lipinski definition) is 1. The number of halogens is 1. The lowest BCUT2D eigenvalue weighted by molar-refractivity contribution is -0.111. The summed E-state index contributed by atoms with van der Waals surface area (Å²) in [4.78, 5) is 25.6. The van der Waals surface area contributed by atoms with E-state index in [-0.39, 0.29) is 5.91 Å². The van der Waals surface area contributed by atoms with E-state index < -0.39 is 5.97 Å². The van der Waals surface area contributed by atoms with E-state index in [2.05, 4.69) is 5.32 Å². The van der Waals surface area contributed by atoms with Crippen molar-refractivity contribution in [2.75, 3.05) is 12.4 Å². The summed E-state index contributed by atoms with van der Waals surface area (Å²) in [5.41, 5.74) is 2.37. The largest absolute Gasteiger partial charge is 0.465 e. The molecule has 0 aliphatic heterocycles. The number of hydrogen-bond acceptors (Lipinski definition) is 4. The number of amides is 1. The Balaban J connectivity index is 1.81. The Morgan fingerprint density at radius 1 is 1.28 bits per heavy atom. The molecule has 0 saturated carbocycles. The standard InChI is InChI=1S/C19H18ClNO3S/c1-24-19(23)17-14-7-2-3-8-15(14)25-18(17)21-16(22)10-9-12-5-4-6-13(20)11-12/h4-6,9-11H,2-3,7-8H2,1H3,(H,21,22). The topological polar surface area (TPSA) is 55.4 Å². The molecular weight excluding hydrogens is 358 g/mol. The van der Waals surface area contributed by atoms with Gasteiger partial charge in [0.25, 0.3) is 0 Å². The Morgan fingerprint density at radius 3 is 2.84 bits per heavy atom. The third kappa shape index (κ3) is 4.11. The van der Waals surface area contributed by atoms with Gasteiger partial charge in [-0.15, -0.1) is 11.3 Å². The predicted molar refractivity (Wildman–Crippen MR) is 101 cm³/mol. The number of aryl methyl sites for hydroxylation is 1. The summed E-state index contributed by atoms with van der Waals surface area (Å²) in [6.45, 7) is 0. The van der Waals surface area contributed by atoms with Crippen LogP contribution >= 0.6 is 22.9 Å². The first kappa shape index (κ1) is 17.7. The minimum Gasteiger partial charge on any atom is -0.465 e. The highest BCUT2D eigenvalue weighted by Gasteiger charge is 2.26. The second-order valence-corrected chi connectivity index (χ2v) is 7.33. The number of carbonyl (C=O) groups excluding carboxylic acids is 2. The van der Waals surface area contributed by atoms with Crippen molar-refractivity contribution >= 4 is 45.9 Å². The van der Waals surface area contributed by atoms with Gasteiger partial charge in [-0.2, -0.15) is 0 Å². The molecule has 0 bridgehead atoms. The maximum atomic E-state index is 12.3. The van der Waals surface area contributed by atoms with Crippen molar-refractivity contribution in [1.29, 1.82) is 0 Å². The van der Waals surface area contributed by atoms with Crippen molar-refractivity contribution in [1.82, 2.24) is 0 Å². The van der Waals surface area contributed by atoms with Crippen molar-refractivity contribution in [3.63, 3.8) is 0 Å². The molecule has 2 aromatic rings. The average molecular weight is 376 g/mol. The van der Waals surface area contributed by atoms with Crippen molar-refractivity contribution in [2.45, 2.75) is 25.7 Å². The molecule has 4 nitrogen and oxygen atoms in total. The lowest BCUT2D eigenvalue weighted by atomic mass is 9.95. The van der Waals surface area contributed by atoms with E-state index in [1.165, 1.54) is 29.4 Å². The molecule has 1 aromatic heterocycles. The van der Waals surface area contributed by atoms with E-state index in [1.807, 2.05) is 12.1 Å². The SMILES string of the molecule is COC(=O)c1c(NC(=O)C=Cc2cccc(Cl)c2)sc2c1CCCC2. The van der Waals surface area contributed by atoms with Crippen LogP contribution in [-0.2, 0) is 22.4 Å². The van der Waals surface area contributed by atoms with Crippen LogP contribution in [0.3, 0.4) is 0 Å². The molecule has 0 fully saturated rings. The first-order chi connectivity index (χ1) is 12.1. The fourth-order valence-corrected chi connectivity index (χ4v) is 4.39. The number of methoxy groups -OCH3 is 1. The van der Waals surface area contributed by atoms with Crippen LogP contribution in [0.4, 0.5) is 5.00 Å². The Bertz CT molecular complexity index is 841. The molecule has 130 valence electrons. The van der Waals surface area contributed by atoms with Crippen LogP contribution in [-0.4, -0.2) is 19.0 Å².